The van der Waals surface area contributed by atoms with Crippen molar-refractivity contribution in [3.63, 3.8) is 0 Å². The van der Waals surface area contributed by atoms with Crippen LogP contribution in [0.3, 0.4) is 0 Å². The molecule has 0 fully saturated rings. The van der Waals surface area contributed by atoms with Gasteiger partial charge in [-0.05, 0) is 48.9 Å². The van der Waals surface area contributed by atoms with Crippen LogP contribution in [0.25, 0.3) is 0 Å². The third-order valence-electron chi connectivity index (χ3n) is 5.67. The van der Waals surface area contributed by atoms with E-state index in [0.29, 0.717) is 16.7 Å². The van der Waals surface area contributed by atoms with Crippen molar-refractivity contribution in [2.45, 2.75) is 30.0 Å². The van der Waals surface area contributed by atoms with E-state index in [1.807, 2.05) is 90.5 Å². The predicted molar refractivity (Wildman–Crippen MR) is 135 cm³/mol. The normalized spacial score (nSPS) is 16.6. The minimum atomic E-state index is -0.473. The standard InChI is InChI=1S/C26H25N5O3S/c1-17-8-10-18(11-9-17)23-24(25(32)27-19-12-14-20(33-2)15-13-19)35-26-29-28-22(31(26)30-23)16-34-21-6-4-3-5-7-21/h3-15,23-24,30H,16H2,1-2H3,(H,27,32). The minimum absolute atomic E-state index is 0.130. The Morgan fingerprint density at radius 3 is 2.46 bits per heavy atom. The highest BCUT2D eigenvalue weighted by molar-refractivity contribution is 8.00. The lowest BCUT2D eigenvalue weighted by atomic mass is 10.0. The summed E-state index contributed by atoms with van der Waals surface area (Å²) in [4.78, 5) is 13.4. The quantitative estimate of drug-likeness (QED) is 0.395. The molecule has 178 valence electrons. The highest BCUT2D eigenvalue weighted by atomic mass is 32.2. The Bertz CT molecular complexity index is 1290. The van der Waals surface area contributed by atoms with E-state index >= 15 is 0 Å². The first kappa shape index (κ1) is 22.8. The van der Waals surface area contributed by atoms with Gasteiger partial charge in [0.05, 0.1) is 13.2 Å². The second kappa shape index (κ2) is 10.1. The van der Waals surface area contributed by atoms with Crippen molar-refractivity contribution in [2.75, 3.05) is 17.9 Å². The first-order valence-electron chi connectivity index (χ1n) is 11.2. The smallest absolute Gasteiger partial charge is 0.240 e. The van der Waals surface area contributed by atoms with Gasteiger partial charge in [-0.1, -0.05) is 59.8 Å². The van der Waals surface area contributed by atoms with Crippen molar-refractivity contribution >= 4 is 23.4 Å². The number of amides is 1. The first-order valence-corrected chi connectivity index (χ1v) is 12.1. The summed E-state index contributed by atoms with van der Waals surface area (Å²) in [6, 6.07) is 24.7. The topological polar surface area (TPSA) is 90.3 Å². The van der Waals surface area contributed by atoms with Gasteiger partial charge < -0.3 is 20.2 Å². The third kappa shape index (κ3) is 5.09. The van der Waals surface area contributed by atoms with Gasteiger partial charge in [0.2, 0.25) is 11.1 Å². The molecule has 35 heavy (non-hydrogen) atoms. The molecule has 9 heteroatoms. The largest absolute Gasteiger partial charge is 0.497 e. The molecule has 2 N–H and O–H groups in total. The zero-order chi connectivity index (χ0) is 24.2. The van der Waals surface area contributed by atoms with Crippen LogP contribution >= 0.6 is 11.8 Å². The summed E-state index contributed by atoms with van der Waals surface area (Å²) in [7, 11) is 1.61. The van der Waals surface area contributed by atoms with Gasteiger partial charge in [0, 0.05) is 5.69 Å². The van der Waals surface area contributed by atoms with Crippen molar-refractivity contribution < 1.29 is 14.3 Å². The summed E-state index contributed by atoms with van der Waals surface area (Å²) in [5.41, 5.74) is 6.30. The van der Waals surface area contributed by atoms with Crippen LogP contribution in [0, 0.1) is 6.92 Å². The molecule has 2 heterocycles. The van der Waals surface area contributed by atoms with Crippen LogP contribution in [0.15, 0.2) is 84.0 Å². The molecule has 0 aliphatic carbocycles. The number of hydrogen-bond acceptors (Lipinski definition) is 7. The lowest BCUT2D eigenvalue weighted by molar-refractivity contribution is -0.116. The molecule has 0 saturated heterocycles. The van der Waals surface area contributed by atoms with Crippen molar-refractivity contribution in [1.82, 2.24) is 14.9 Å². The van der Waals surface area contributed by atoms with Gasteiger partial charge in [0.15, 0.2) is 5.82 Å². The van der Waals surface area contributed by atoms with Gasteiger partial charge in [-0.3, -0.25) is 4.79 Å². The maximum Gasteiger partial charge on any atom is 0.240 e. The first-order chi connectivity index (χ1) is 17.1. The number of anilines is 1. The Balaban J connectivity index is 1.40. The molecule has 3 aromatic carbocycles. The number of carbonyl (C=O) groups is 1. The molecule has 0 saturated carbocycles. The summed E-state index contributed by atoms with van der Waals surface area (Å²) < 4.78 is 12.9. The van der Waals surface area contributed by atoms with E-state index in [0.717, 1.165) is 22.6 Å². The van der Waals surface area contributed by atoms with Crippen molar-refractivity contribution in [2.24, 2.45) is 0 Å². The van der Waals surface area contributed by atoms with Crippen molar-refractivity contribution in [3.05, 3.63) is 95.8 Å². The van der Waals surface area contributed by atoms with Gasteiger partial charge in [-0.15, -0.1) is 10.2 Å². The molecule has 8 nitrogen and oxygen atoms in total. The number of nitrogens with one attached hydrogen (secondary N) is 2. The van der Waals surface area contributed by atoms with Gasteiger partial charge >= 0.3 is 0 Å². The number of nitrogens with zero attached hydrogens (tertiary/aromatic N) is 3. The monoisotopic (exact) mass is 487 g/mol. The molecule has 1 aliphatic heterocycles. The number of benzene rings is 3. The predicted octanol–water partition coefficient (Wildman–Crippen LogP) is 4.57. The van der Waals surface area contributed by atoms with Crippen molar-refractivity contribution in [3.8, 4) is 11.5 Å². The summed E-state index contributed by atoms with van der Waals surface area (Å²) >= 11 is 1.38. The average Bonchev–Trinajstić information content (AvgIpc) is 3.30. The van der Waals surface area contributed by atoms with Crippen LogP contribution in [-0.2, 0) is 11.4 Å². The van der Waals surface area contributed by atoms with E-state index in [9.17, 15) is 4.79 Å². The number of hydrogen-bond donors (Lipinski definition) is 2. The van der Waals surface area contributed by atoms with Gasteiger partial charge in [0.25, 0.3) is 0 Å². The fourth-order valence-corrected chi connectivity index (χ4v) is 4.87. The van der Waals surface area contributed by atoms with Crippen LogP contribution in [-0.4, -0.2) is 33.1 Å². The van der Waals surface area contributed by atoms with Gasteiger partial charge in [0.1, 0.15) is 23.4 Å². The maximum atomic E-state index is 13.4. The summed E-state index contributed by atoms with van der Waals surface area (Å²) in [6.07, 6.45) is 0. The maximum absolute atomic E-state index is 13.4. The second-order valence-electron chi connectivity index (χ2n) is 8.11. The molecule has 4 aromatic rings. The zero-order valence-corrected chi connectivity index (χ0v) is 20.2. The number of fused-ring (bicyclic) bond motifs is 1. The Hall–Kier alpha value is -3.98. The number of methoxy groups -OCH3 is 1. The molecular formula is C26H25N5O3S. The Morgan fingerprint density at radius 2 is 1.74 bits per heavy atom. The molecular weight excluding hydrogens is 462 g/mol. The van der Waals surface area contributed by atoms with Crippen LogP contribution in [0.2, 0.25) is 0 Å². The highest BCUT2D eigenvalue weighted by Crippen LogP contribution is 2.38. The number of thioether (sulfide) groups is 1. The molecule has 0 spiro atoms. The molecule has 1 amide bonds. The summed E-state index contributed by atoms with van der Waals surface area (Å²) in [6.45, 7) is 2.28. The Morgan fingerprint density at radius 1 is 1.00 bits per heavy atom. The molecule has 2 unspecified atom stereocenters. The van der Waals surface area contributed by atoms with E-state index in [2.05, 4.69) is 20.9 Å². The number of para-hydroxylation sites is 1. The van der Waals surface area contributed by atoms with Crippen LogP contribution in [0.1, 0.15) is 23.0 Å². The van der Waals surface area contributed by atoms with Crippen LogP contribution in [0.5, 0.6) is 11.5 Å². The number of ether oxygens (including phenoxy) is 2. The third-order valence-corrected chi connectivity index (χ3v) is 6.88. The average molecular weight is 488 g/mol. The number of carbonyl (C=O) groups excluding carboxylic acids is 1. The van der Waals surface area contributed by atoms with Crippen LogP contribution in [0.4, 0.5) is 5.69 Å². The SMILES string of the molecule is COc1ccc(NC(=O)C2Sc3nnc(COc4ccccc4)n3NC2c2ccc(C)cc2)cc1. The molecule has 1 aliphatic rings. The zero-order valence-electron chi connectivity index (χ0n) is 19.3. The summed E-state index contributed by atoms with van der Waals surface area (Å²) in [5.74, 6) is 1.98. The number of aryl methyl sites for hydroxylation is 1. The van der Waals surface area contributed by atoms with E-state index in [1.165, 1.54) is 11.8 Å². The van der Waals surface area contributed by atoms with Gasteiger partial charge in [-0.2, -0.15) is 0 Å². The fraction of sp³-hybridized carbons (Fsp3) is 0.192. The molecule has 5 rings (SSSR count). The minimum Gasteiger partial charge on any atom is -0.497 e. The summed E-state index contributed by atoms with van der Waals surface area (Å²) in [5, 5.41) is 11.8. The molecule has 1 aromatic heterocycles. The second-order valence-corrected chi connectivity index (χ2v) is 9.22. The van der Waals surface area contributed by atoms with Gasteiger partial charge in [-0.25, -0.2) is 4.68 Å². The Labute approximate surface area is 207 Å². The van der Waals surface area contributed by atoms with E-state index in [4.69, 9.17) is 9.47 Å². The number of aromatic nitrogens is 3. The van der Waals surface area contributed by atoms with E-state index in [-0.39, 0.29) is 18.6 Å². The number of rotatable bonds is 7. The highest BCUT2D eigenvalue weighted by Gasteiger charge is 2.38. The fourth-order valence-electron chi connectivity index (χ4n) is 3.77. The molecule has 0 radical (unpaired) electrons. The Kier molecular flexibility index (Phi) is 6.58. The lowest BCUT2D eigenvalue weighted by Crippen LogP contribution is -2.41. The molecule has 2 atom stereocenters. The van der Waals surface area contributed by atoms with E-state index in [1.54, 1.807) is 7.11 Å². The van der Waals surface area contributed by atoms with E-state index < -0.39 is 5.25 Å². The lowest BCUT2D eigenvalue weighted by Gasteiger charge is -2.33. The van der Waals surface area contributed by atoms with Crippen LogP contribution < -0.4 is 20.2 Å². The van der Waals surface area contributed by atoms with Crippen molar-refractivity contribution in [1.29, 1.82) is 0 Å². The molecule has 0 bridgehead atoms.